The summed E-state index contributed by atoms with van der Waals surface area (Å²) in [4.78, 5) is 28.0. The second-order valence-electron chi connectivity index (χ2n) is 7.49. The molecule has 2 heterocycles. The molecule has 0 bridgehead atoms. The number of hydrogen-bond acceptors (Lipinski definition) is 4. The van der Waals surface area contributed by atoms with Crippen LogP contribution in [0, 0.1) is 5.92 Å². The Kier molecular flexibility index (Phi) is 7.62. The van der Waals surface area contributed by atoms with E-state index in [-0.39, 0.29) is 30.8 Å². The van der Waals surface area contributed by atoms with Gasteiger partial charge in [-0.1, -0.05) is 43.3 Å². The van der Waals surface area contributed by atoms with Crippen molar-refractivity contribution in [2.24, 2.45) is 5.92 Å². The van der Waals surface area contributed by atoms with Gasteiger partial charge in [0.05, 0.1) is 19.0 Å². The van der Waals surface area contributed by atoms with E-state index < -0.39 is 0 Å². The zero-order valence-electron chi connectivity index (χ0n) is 16.4. The highest BCUT2D eigenvalue weighted by Gasteiger charge is 2.25. The molecule has 0 aliphatic carbocycles. The predicted molar refractivity (Wildman–Crippen MR) is 113 cm³/mol. The number of rotatable bonds is 8. The van der Waals surface area contributed by atoms with Gasteiger partial charge in [0.2, 0.25) is 11.8 Å². The van der Waals surface area contributed by atoms with Crippen molar-refractivity contribution in [3.8, 4) is 0 Å². The first-order valence-electron chi connectivity index (χ1n) is 9.96. The molecule has 3 rings (SSSR count). The third-order valence-electron chi connectivity index (χ3n) is 5.28. The summed E-state index contributed by atoms with van der Waals surface area (Å²) >= 11 is 1.73. The normalized spacial score (nSPS) is 16.5. The van der Waals surface area contributed by atoms with E-state index in [1.807, 2.05) is 30.3 Å². The summed E-state index contributed by atoms with van der Waals surface area (Å²) in [5.41, 5.74) is 0.942. The molecular weight excluding hydrogens is 370 g/mol. The predicted octanol–water partition coefficient (Wildman–Crippen LogP) is 3.00. The van der Waals surface area contributed by atoms with Crippen LogP contribution in [0.5, 0.6) is 0 Å². The Morgan fingerprint density at radius 2 is 1.82 bits per heavy atom. The van der Waals surface area contributed by atoms with Gasteiger partial charge in [0.15, 0.2) is 0 Å². The van der Waals surface area contributed by atoms with Gasteiger partial charge in [-0.3, -0.25) is 14.5 Å². The van der Waals surface area contributed by atoms with E-state index in [1.54, 1.807) is 11.3 Å². The largest absolute Gasteiger partial charge is 0.353 e. The highest BCUT2D eigenvalue weighted by Crippen LogP contribution is 2.28. The Morgan fingerprint density at radius 1 is 1.07 bits per heavy atom. The smallest absolute Gasteiger partial charge is 0.239 e. The number of hydrogen-bond donors (Lipinski definition) is 2. The van der Waals surface area contributed by atoms with E-state index >= 15 is 0 Å². The van der Waals surface area contributed by atoms with Crippen LogP contribution < -0.4 is 10.6 Å². The number of carbonyl (C=O) groups excluding carboxylic acids is 2. The van der Waals surface area contributed by atoms with Crippen molar-refractivity contribution in [1.82, 2.24) is 15.5 Å². The zero-order chi connectivity index (χ0) is 19.8. The van der Waals surface area contributed by atoms with Crippen molar-refractivity contribution in [2.75, 3.05) is 26.2 Å². The number of nitrogens with one attached hydrogen (secondary N) is 2. The summed E-state index contributed by atoms with van der Waals surface area (Å²) in [5, 5.41) is 7.81. The van der Waals surface area contributed by atoms with Gasteiger partial charge < -0.3 is 10.6 Å². The lowest BCUT2D eigenvalue weighted by Gasteiger charge is -2.36. The molecule has 1 fully saturated rings. The van der Waals surface area contributed by atoms with Gasteiger partial charge in [0.1, 0.15) is 0 Å². The summed E-state index contributed by atoms with van der Waals surface area (Å²) < 4.78 is 0. The molecule has 1 aliphatic rings. The minimum absolute atomic E-state index is 0.0138. The molecule has 2 N–H and O–H groups in total. The number of thiophene rings is 1. The molecule has 2 amide bonds. The maximum Gasteiger partial charge on any atom is 0.239 e. The molecule has 0 radical (unpaired) electrons. The summed E-state index contributed by atoms with van der Waals surface area (Å²) in [6.45, 7) is 5.01. The highest BCUT2D eigenvalue weighted by atomic mass is 32.1. The quantitative estimate of drug-likeness (QED) is 0.717. The summed E-state index contributed by atoms with van der Waals surface area (Å²) in [6, 6.07) is 13.9. The van der Waals surface area contributed by atoms with Gasteiger partial charge in [-0.05, 0) is 48.9 Å². The fourth-order valence-corrected chi connectivity index (χ4v) is 4.39. The molecule has 2 aromatic rings. The summed E-state index contributed by atoms with van der Waals surface area (Å²) in [5.74, 6) is 0.490. The van der Waals surface area contributed by atoms with E-state index in [0.717, 1.165) is 24.6 Å². The van der Waals surface area contributed by atoms with Crippen molar-refractivity contribution < 1.29 is 9.59 Å². The van der Waals surface area contributed by atoms with Crippen molar-refractivity contribution in [2.45, 2.75) is 32.2 Å². The lowest BCUT2D eigenvalue weighted by molar-refractivity contribution is -0.125. The second kappa shape index (κ2) is 10.4. The van der Waals surface area contributed by atoms with Crippen LogP contribution in [-0.2, 0) is 16.0 Å². The molecule has 1 unspecified atom stereocenters. The van der Waals surface area contributed by atoms with Crippen molar-refractivity contribution in [1.29, 1.82) is 0 Å². The van der Waals surface area contributed by atoms with Crippen LogP contribution in [0.15, 0.2) is 47.8 Å². The molecule has 0 spiro atoms. The maximum atomic E-state index is 12.3. The molecule has 5 nitrogen and oxygen atoms in total. The van der Waals surface area contributed by atoms with E-state index in [0.29, 0.717) is 6.54 Å². The van der Waals surface area contributed by atoms with E-state index in [2.05, 4.69) is 40.0 Å². The minimum atomic E-state index is -0.145. The Labute approximate surface area is 171 Å². The number of piperidine rings is 1. The Hall–Kier alpha value is -2.18. The standard InChI is InChI=1S/C22H29N3O2S/c1-17-9-11-25(12-10-17)19(20-8-5-13-28-20)15-23-22(27)16-24-21(26)14-18-6-3-2-4-7-18/h2-8,13,17,19H,9-12,14-16H2,1H3,(H,23,27)(H,24,26). The fourth-order valence-electron chi connectivity index (χ4n) is 3.53. The van der Waals surface area contributed by atoms with E-state index in [4.69, 9.17) is 0 Å². The van der Waals surface area contributed by atoms with Crippen molar-refractivity contribution in [3.63, 3.8) is 0 Å². The number of carbonyl (C=O) groups is 2. The maximum absolute atomic E-state index is 12.3. The van der Waals surface area contributed by atoms with Gasteiger partial charge in [-0.15, -0.1) is 11.3 Å². The van der Waals surface area contributed by atoms with E-state index in [1.165, 1.54) is 17.7 Å². The van der Waals surface area contributed by atoms with Gasteiger partial charge in [-0.25, -0.2) is 0 Å². The molecular formula is C22H29N3O2S. The molecule has 1 saturated heterocycles. The SMILES string of the molecule is CC1CCN(C(CNC(=O)CNC(=O)Cc2ccccc2)c2cccs2)CC1. The summed E-state index contributed by atoms with van der Waals surface area (Å²) in [6.07, 6.45) is 2.69. The van der Waals surface area contributed by atoms with Crippen LogP contribution >= 0.6 is 11.3 Å². The lowest BCUT2D eigenvalue weighted by atomic mass is 9.97. The summed E-state index contributed by atoms with van der Waals surface area (Å²) in [7, 11) is 0. The molecule has 1 aromatic heterocycles. The number of likely N-dealkylation sites (tertiary alicyclic amines) is 1. The molecule has 1 aromatic carbocycles. The highest BCUT2D eigenvalue weighted by molar-refractivity contribution is 7.10. The molecule has 150 valence electrons. The molecule has 28 heavy (non-hydrogen) atoms. The number of benzene rings is 1. The van der Waals surface area contributed by atoms with Crippen LogP contribution in [0.1, 0.15) is 36.2 Å². The van der Waals surface area contributed by atoms with Crippen LogP contribution in [0.4, 0.5) is 0 Å². The molecule has 6 heteroatoms. The first kappa shape index (κ1) is 20.6. The van der Waals surface area contributed by atoms with Crippen LogP contribution in [0.3, 0.4) is 0 Å². The Bertz CT molecular complexity index is 740. The monoisotopic (exact) mass is 399 g/mol. The first-order valence-corrected chi connectivity index (χ1v) is 10.8. The average molecular weight is 400 g/mol. The molecule has 0 saturated carbocycles. The molecule has 1 atom stereocenters. The number of amides is 2. The van der Waals surface area contributed by atoms with Gasteiger partial charge in [0, 0.05) is 11.4 Å². The van der Waals surface area contributed by atoms with Crippen molar-refractivity contribution in [3.05, 3.63) is 58.3 Å². The van der Waals surface area contributed by atoms with Crippen molar-refractivity contribution >= 4 is 23.2 Å². The Morgan fingerprint density at radius 3 is 2.50 bits per heavy atom. The Balaban J connectivity index is 1.46. The van der Waals surface area contributed by atoms with Gasteiger partial charge in [0.25, 0.3) is 0 Å². The molecule has 1 aliphatic heterocycles. The minimum Gasteiger partial charge on any atom is -0.353 e. The van der Waals surface area contributed by atoms with Gasteiger partial charge in [-0.2, -0.15) is 0 Å². The zero-order valence-corrected chi connectivity index (χ0v) is 17.2. The van der Waals surface area contributed by atoms with Crippen LogP contribution in [-0.4, -0.2) is 42.9 Å². The topological polar surface area (TPSA) is 61.4 Å². The third-order valence-corrected chi connectivity index (χ3v) is 6.25. The number of nitrogens with zero attached hydrogens (tertiary/aromatic N) is 1. The van der Waals surface area contributed by atoms with E-state index in [9.17, 15) is 9.59 Å². The fraction of sp³-hybridized carbons (Fsp3) is 0.455. The second-order valence-corrected chi connectivity index (χ2v) is 8.47. The third kappa shape index (κ3) is 6.17. The average Bonchev–Trinajstić information content (AvgIpc) is 3.23. The first-order chi connectivity index (χ1) is 13.6. The lowest BCUT2D eigenvalue weighted by Crippen LogP contribution is -2.44. The van der Waals surface area contributed by atoms with Crippen LogP contribution in [0.25, 0.3) is 0 Å². The van der Waals surface area contributed by atoms with Gasteiger partial charge >= 0.3 is 0 Å². The van der Waals surface area contributed by atoms with Crippen LogP contribution in [0.2, 0.25) is 0 Å².